The van der Waals surface area contributed by atoms with Crippen molar-refractivity contribution in [1.29, 1.82) is 0 Å². The number of rotatable bonds is 4. The van der Waals surface area contributed by atoms with Crippen molar-refractivity contribution in [3.8, 4) is 39.3 Å². The van der Waals surface area contributed by atoms with Gasteiger partial charge in [-0.1, -0.05) is 119 Å². The molecule has 0 radical (unpaired) electrons. The van der Waals surface area contributed by atoms with E-state index in [9.17, 15) is 0 Å². The minimum Gasteiger partial charge on any atom is -0.779 e. The monoisotopic (exact) mass is 810 g/mol. The van der Waals surface area contributed by atoms with Crippen molar-refractivity contribution < 1.29 is 21.1 Å². The molecule has 0 N–H and O–H groups in total. The summed E-state index contributed by atoms with van der Waals surface area (Å²) in [5.41, 5.74) is 11.6. The van der Waals surface area contributed by atoms with Crippen LogP contribution in [0.1, 0.15) is 52.7 Å². The van der Waals surface area contributed by atoms with Crippen molar-refractivity contribution in [3.05, 3.63) is 133 Å². The number of imidazole rings is 1. The van der Waals surface area contributed by atoms with Crippen LogP contribution in [0.25, 0.3) is 61.3 Å². The van der Waals surface area contributed by atoms with E-state index in [0.717, 1.165) is 66.2 Å². The summed E-state index contributed by atoms with van der Waals surface area (Å²) in [6, 6.07) is 42.1. The zero-order valence-electron chi connectivity index (χ0n) is 27.5. The van der Waals surface area contributed by atoms with Crippen LogP contribution in [0, 0.1) is 6.07 Å². The van der Waals surface area contributed by atoms with Crippen LogP contribution in [0.3, 0.4) is 0 Å². The van der Waals surface area contributed by atoms with Crippen molar-refractivity contribution in [1.82, 2.24) is 14.5 Å². The summed E-state index contributed by atoms with van der Waals surface area (Å²) in [5.74, 6) is 0.832. The third-order valence-electron chi connectivity index (χ3n) is 8.75. The average Bonchev–Trinajstić information content (AvgIpc) is 3.44. The first-order valence-corrected chi connectivity index (χ1v) is 16.2. The Morgan fingerprint density at radius 3 is 2.02 bits per heavy atom. The van der Waals surface area contributed by atoms with Crippen LogP contribution in [-0.2, 0) is 44.5 Å². The molecule has 5 heteroatoms. The Kier molecular flexibility index (Phi) is 8.72. The Labute approximate surface area is 297 Å². The van der Waals surface area contributed by atoms with E-state index in [1.807, 2.05) is 30.5 Å². The quantitative estimate of drug-likeness (QED) is 0.131. The molecule has 7 aromatic rings. The van der Waals surface area contributed by atoms with Crippen LogP contribution in [0.5, 0.6) is 0 Å². The molecule has 0 aliphatic rings. The molecule has 3 nitrogen and oxygen atoms in total. The normalized spacial score (nSPS) is 12.0. The molecule has 0 saturated carbocycles. The predicted molar refractivity (Wildman–Crippen MR) is 195 cm³/mol. The summed E-state index contributed by atoms with van der Waals surface area (Å²) in [6.07, 6.45) is 1.87. The van der Waals surface area contributed by atoms with Crippen molar-refractivity contribution >= 4 is 34.6 Å². The van der Waals surface area contributed by atoms with Crippen LogP contribution in [0.4, 0.5) is 0 Å². The van der Waals surface area contributed by atoms with E-state index in [1.165, 1.54) is 11.1 Å². The number of nitrogens with zero attached hydrogens (tertiary/aromatic N) is 3. The number of fused-ring (bicyclic) bond motifs is 2. The molecule has 0 unspecified atom stereocenters. The van der Waals surface area contributed by atoms with Gasteiger partial charge >= 0.3 is 21.1 Å². The Morgan fingerprint density at radius 2 is 1.30 bits per heavy atom. The van der Waals surface area contributed by atoms with Crippen LogP contribution < -0.4 is 0 Å². The Bertz CT molecular complexity index is 2230. The zero-order chi connectivity index (χ0) is 32.2. The molecule has 7 rings (SSSR count). The van der Waals surface area contributed by atoms with E-state index in [4.69, 9.17) is 22.6 Å². The summed E-state index contributed by atoms with van der Waals surface area (Å²) in [5, 5.41) is 1.13. The first-order valence-electron chi connectivity index (χ1n) is 15.8. The fraction of sp³-hybridized carbons (Fsp3) is 0.190. The molecule has 47 heavy (non-hydrogen) atoms. The van der Waals surface area contributed by atoms with Crippen LogP contribution in [0.15, 0.2) is 120 Å². The molecule has 0 spiro atoms. The molecule has 0 bridgehead atoms. The SMILES string of the molecule is CC(C)(C)c1ccc(-n2c(-c3[c-]c(-c4cc(C(C)(C)C)cc5cccnc45)ccc3)nc3c(-c4ccccc4[S-])cccc32)cc1.[Pt+2]. The second-order valence-corrected chi connectivity index (χ2v) is 14.5. The first-order chi connectivity index (χ1) is 22.0. The van der Waals surface area contributed by atoms with Gasteiger partial charge in [-0.05, 0) is 57.2 Å². The molecule has 0 atom stereocenters. The Morgan fingerprint density at radius 1 is 0.617 bits per heavy atom. The van der Waals surface area contributed by atoms with Crippen LogP contribution in [-0.4, -0.2) is 14.5 Å². The number of pyridine rings is 1. The summed E-state index contributed by atoms with van der Waals surface area (Å²) in [4.78, 5) is 11.0. The fourth-order valence-corrected chi connectivity index (χ4v) is 6.40. The predicted octanol–water partition coefficient (Wildman–Crippen LogP) is 10.9. The van der Waals surface area contributed by atoms with Crippen molar-refractivity contribution in [3.63, 3.8) is 0 Å². The minimum absolute atomic E-state index is 0. The number of benzene rings is 5. The van der Waals surface area contributed by atoms with Crippen molar-refractivity contribution in [2.75, 3.05) is 0 Å². The first kappa shape index (κ1) is 32.8. The summed E-state index contributed by atoms with van der Waals surface area (Å²) < 4.78 is 2.26. The number of para-hydroxylation sites is 1. The molecular formula is C42H37N3PtS. The molecular weight excluding hydrogens is 774 g/mol. The maximum absolute atomic E-state index is 5.77. The second-order valence-electron chi connectivity index (χ2n) is 14.1. The smallest absolute Gasteiger partial charge is 0.779 e. The van der Waals surface area contributed by atoms with Gasteiger partial charge in [0.05, 0.1) is 16.9 Å². The average molecular weight is 811 g/mol. The van der Waals surface area contributed by atoms with E-state index in [2.05, 4.69) is 137 Å². The van der Waals surface area contributed by atoms with E-state index in [1.54, 1.807) is 0 Å². The summed E-state index contributed by atoms with van der Waals surface area (Å²) >= 11 is 5.77. The van der Waals surface area contributed by atoms with E-state index < -0.39 is 0 Å². The van der Waals surface area contributed by atoms with Crippen LogP contribution >= 0.6 is 0 Å². The molecule has 2 heterocycles. The topological polar surface area (TPSA) is 30.7 Å². The van der Waals surface area contributed by atoms with Crippen LogP contribution in [0.2, 0.25) is 0 Å². The van der Waals surface area contributed by atoms with Gasteiger partial charge in [0.2, 0.25) is 0 Å². The third kappa shape index (κ3) is 6.18. The number of hydrogen-bond acceptors (Lipinski definition) is 3. The number of aromatic nitrogens is 3. The molecule has 0 aliphatic carbocycles. The van der Waals surface area contributed by atoms with Crippen molar-refractivity contribution in [2.45, 2.75) is 57.3 Å². The van der Waals surface area contributed by atoms with E-state index in [0.29, 0.717) is 0 Å². The van der Waals surface area contributed by atoms with Gasteiger partial charge in [-0.3, -0.25) is 9.97 Å². The summed E-state index contributed by atoms with van der Waals surface area (Å²) in [6.45, 7) is 13.5. The largest absolute Gasteiger partial charge is 2.00 e. The maximum Gasteiger partial charge on any atom is 2.00 e. The van der Waals surface area contributed by atoms with Gasteiger partial charge in [-0.2, -0.15) is 4.90 Å². The molecule has 2 aromatic heterocycles. The Balaban J connectivity index is 0.00000386. The Hall–Kier alpha value is -4.11. The van der Waals surface area contributed by atoms with E-state index >= 15 is 0 Å². The molecule has 236 valence electrons. The van der Waals surface area contributed by atoms with Gasteiger partial charge in [-0.25, -0.2) is 0 Å². The van der Waals surface area contributed by atoms with Gasteiger partial charge in [0.15, 0.2) is 0 Å². The maximum atomic E-state index is 5.77. The van der Waals surface area contributed by atoms with Gasteiger partial charge in [-0.15, -0.1) is 29.8 Å². The standard InChI is InChI=1S/C42H38N3S.Pt/c1-41(2,3)30-19-21-32(22-20-30)45-36-17-10-16-34(33-15-7-8-18-37(33)46)39(36)44-40(45)29-13-9-12-27(24-29)35-26-31(42(4,5)6)25-28-14-11-23-43-38(28)35;/h7-23,25-26,46H,1-6H3;/q-1;+2/p-1. The molecule has 0 aliphatic heterocycles. The van der Waals surface area contributed by atoms with Gasteiger partial charge < -0.3 is 17.2 Å². The fourth-order valence-electron chi connectivity index (χ4n) is 6.15. The van der Waals surface area contributed by atoms with Gasteiger partial charge in [0, 0.05) is 23.0 Å². The molecule has 0 saturated heterocycles. The van der Waals surface area contributed by atoms with Gasteiger partial charge in [0.25, 0.3) is 0 Å². The zero-order valence-corrected chi connectivity index (χ0v) is 30.6. The molecule has 0 fully saturated rings. The molecule has 0 amide bonds. The van der Waals surface area contributed by atoms with Crippen molar-refractivity contribution in [2.24, 2.45) is 0 Å². The van der Waals surface area contributed by atoms with Gasteiger partial charge in [0.1, 0.15) is 0 Å². The number of hydrogen-bond donors (Lipinski definition) is 0. The minimum atomic E-state index is -0.0129. The summed E-state index contributed by atoms with van der Waals surface area (Å²) in [7, 11) is 0. The second kappa shape index (κ2) is 12.5. The van der Waals surface area contributed by atoms with E-state index in [-0.39, 0.29) is 31.9 Å². The molecule has 5 aromatic carbocycles. The third-order valence-corrected chi connectivity index (χ3v) is 9.11.